The molecule has 4 rings (SSSR count). The molecule has 0 spiro atoms. The van der Waals surface area contributed by atoms with Gasteiger partial charge in [-0.1, -0.05) is 6.07 Å². The summed E-state index contributed by atoms with van der Waals surface area (Å²) < 4.78 is 40.9. The first-order chi connectivity index (χ1) is 15.2. The van der Waals surface area contributed by atoms with E-state index in [1.54, 1.807) is 6.07 Å². The summed E-state index contributed by atoms with van der Waals surface area (Å²) in [5.74, 6) is -0.839. The quantitative estimate of drug-likeness (QED) is 0.461. The van der Waals surface area contributed by atoms with Gasteiger partial charge >= 0.3 is 0 Å². The van der Waals surface area contributed by atoms with Crippen molar-refractivity contribution in [1.29, 1.82) is 0 Å². The Kier molecular flexibility index (Phi) is 5.39. The summed E-state index contributed by atoms with van der Waals surface area (Å²) in [6.45, 7) is 1.87. The Morgan fingerprint density at radius 3 is 2.47 bits per heavy atom. The molecule has 0 saturated carbocycles. The molecule has 0 saturated heterocycles. The van der Waals surface area contributed by atoms with Crippen molar-refractivity contribution in [2.45, 2.75) is 18.2 Å². The van der Waals surface area contributed by atoms with Crippen molar-refractivity contribution in [3.8, 4) is 0 Å². The van der Waals surface area contributed by atoms with Crippen LogP contribution in [-0.4, -0.2) is 25.8 Å². The number of amides is 1. The summed E-state index contributed by atoms with van der Waals surface area (Å²) >= 11 is 0. The van der Waals surface area contributed by atoms with Crippen molar-refractivity contribution < 1.29 is 22.5 Å². The fourth-order valence-corrected chi connectivity index (χ4v) is 4.67. The first-order valence-electron chi connectivity index (χ1n) is 9.64. The van der Waals surface area contributed by atoms with Crippen LogP contribution in [-0.2, 0) is 16.4 Å². The number of rotatable bonds is 5. The van der Waals surface area contributed by atoms with Gasteiger partial charge in [-0.2, -0.15) is 0 Å². The number of hydrogen-bond donors (Lipinski definition) is 1. The first-order valence-corrected chi connectivity index (χ1v) is 11.1. The number of nitro groups is 1. The number of anilines is 2. The Bertz CT molecular complexity index is 1340. The molecule has 164 valence electrons. The Balaban J connectivity index is 1.53. The lowest BCUT2D eigenvalue weighted by atomic mass is 10.1. The largest absolute Gasteiger partial charge is 0.308 e. The highest BCUT2D eigenvalue weighted by Crippen LogP contribution is 2.33. The fraction of sp³-hybridized carbons (Fsp3) is 0.136. The van der Waals surface area contributed by atoms with Crippen LogP contribution in [0.2, 0.25) is 0 Å². The predicted octanol–water partition coefficient (Wildman–Crippen LogP) is 4.05. The smallest absolute Gasteiger partial charge is 0.271 e. The Morgan fingerprint density at radius 1 is 1.09 bits per heavy atom. The van der Waals surface area contributed by atoms with Gasteiger partial charge in [0.15, 0.2) is 0 Å². The van der Waals surface area contributed by atoms with E-state index >= 15 is 0 Å². The number of nitro benzene ring substituents is 1. The number of sulfonamides is 1. The number of nitrogens with one attached hydrogen (secondary N) is 1. The average molecular weight is 455 g/mol. The summed E-state index contributed by atoms with van der Waals surface area (Å²) in [5, 5.41) is 11.1. The van der Waals surface area contributed by atoms with E-state index in [4.69, 9.17) is 0 Å². The molecule has 10 heteroatoms. The van der Waals surface area contributed by atoms with Crippen LogP contribution in [0.25, 0.3) is 0 Å². The molecular formula is C22H18FN3O5S. The molecule has 1 aliphatic heterocycles. The monoisotopic (exact) mass is 455 g/mol. The molecule has 1 N–H and O–H groups in total. The molecule has 1 aliphatic rings. The van der Waals surface area contributed by atoms with Gasteiger partial charge in [0.1, 0.15) is 5.82 Å². The maximum atomic E-state index is 13.4. The summed E-state index contributed by atoms with van der Waals surface area (Å²) in [6, 6.07) is 13.8. The van der Waals surface area contributed by atoms with E-state index in [-0.39, 0.29) is 27.7 Å². The van der Waals surface area contributed by atoms with Gasteiger partial charge in [-0.15, -0.1) is 0 Å². The van der Waals surface area contributed by atoms with E-state index in [1.807, 2.05) is 0 Å². The molecule has 3 aromatic carbocycles. The number of carbonyl (C=O) groups excluding carboxylic acids is 1. The standard InChI is InChI=1S/C22H18FN3O5S/c1-14-12-19(8-9-20(14)23)32(30,31)24-17-5-2-16(3-6-17)22(27)25-11-10-15-4-7-18(26(28)29)13-21(15)25/h2-9,12-13,24H,10-11H2,1H3. The van der Waals surface area contributed by atoms with E-state index < -0.39 is 20.8 Å². The van der Waals surface area contributed by atoms with Gasteiger partial charge in [0.05, 0.1) is 15.5 Å². The molecule has 8 nitrogen and oxygen atoms in total. The van der Waals surface area contributed by atoms with Crippen LogP contribution in [0, 0.1) is 22.9 Å². The minimum atomic E-state index is -3.93. The highest BCUT2D eigenvalue weighted by Gasteiger charge is 2.27. The van der Waals surface area contributed by atoms with E-state index in [0.29, 0.717) is 24.2 Å². The zero-order valence-electron chi connectivity index (χ0n) is 16.9. The molecule has 3 aromatic rings. The van der Waals surface area contributed by atoms with Crippen molar-refractivity contribution in [3.63, 3.8) is 0 Å². The lowest BCUT2D eigenvalue weighted by molar-refractivity contribution is -0.384. The molecule has 1 amide bonds. The van der Waals surface area contributed by atoms with Crippen LogP contribution in [0.4, 0.5) is 21.5 Å². The second-order valence-electron chi connectivity index (χ2n) is 7.37. The molecule has 0 radical (unpaired) electrons. The number of non-ortho nitro benzene ring substituents is 1. The third kappa shape index (κ3) is 4.04. The zero-order chi connectivity index (χ0) is 23.0. The molecule has 32 heavy (non-hydrogen) atoms. The molecule has 0 bridgehead atoms. The van der Waals surface area contributed by atoms with E-state index in [1.165, 1.54) is 60.4 Å². The molecule has 0 aromatic heterocycles. The van der Waals surface area contributed by atoms with Crippen LogP contribution < -0.4 is 9.62 Å². The molecule has 0 aliphatic carbocycles. The van der Waals surface area contributed by atoms with Gasteiger partial charge in [0, 0.05) is 29.9 Å². The van der Waals surface area contributed by atoms with Crippen molar-refractivity contribution in [3.05, 3.63) is 93.3 Å². The Morgan fingerprint density at radius 2 is 1.81 bits per heavy atom. The molecule has 0 unspecified atom stereocenters. The van der Waals surface area contributed by atoms with Crippen molar-refractivity contribution in [2.75, 3.05) is 16.2 Å². The van der Waals surface area contributed by atoms with Crippen molar-refractivity contribution >= 4 is 33.0 Å². The topological polar surface area (TPSA) is 110 Å². The highest BCUT2D eigenvalue weighted by atomic mass is 32.2. The molecular weight excluding hydrogens is 437 g/mol. The summed E-state index contributed by atoms with van der Waals surface area (Å²) in [5.41, 5.74) is 2.01. The minimum absolute atomic E-state index is 0.0770. The second-order valence-corrected chi connectivity index (χ2v) is 9.05. The van der Waals surface area contributed by atoms with Gasteiger partial charge in [0.2, 0.25) is 0 Å². The SMILES string of the molecule is Cc1cc(S(=O)(=O)Nc2ccc(C(=O)N3CCc4ccc([N+](=O)[O-])cc43)cc2)ccc1F. The highest BCUT2D eigenvalue weighted by molar-refractivity contribution is 7.92. The van der Waals surface area contributed by atoms with Crippen LogP contribution >= 0.6 is 0 Å². The summed E-state index contributed by atoms with van der Waals surface area (Å²) in [4.78, 5) is 24.9. The molecule has 0 atom stereocenters. The van der Waals surface area contributed by atoms with Gasteiger partial charge in [-0.25, -0.2) is 12.8 Å². The lowest BCUT2D eigenvalue weighted by Gasteiger charge is -2.17. The Labute approximate surface area is 183 Å². The van der Waals surface area contributed by atoms with Crippen molar-refractivity contribution in [1.82, 2.24) is 0 Å². The zero-order valence-corrected chi connectivity index (χ0v) is 17.7. The average Bonchev–Trinajstić information content (AvgIpc) is 3.18. The maximum absolute atomic E-state index is 13.4. The van der Waals surface area contributed by atoms with Crippen LogP contribution in [0.15, 0.2) is 65.6 Å². The van der Waals surface area contributed by atoms with Crippen molar-refractivity contribution in [2.24, 2.45) is 0 Å². The van der Waals surface area contributed by atoms with E-state index in [2.05, 4.69) is 4.72 Å². The van der Waals surface area contributed by atoms with Crippen LogP contribution in [0.1, 0.15) is 21.5 Å². The van der Waals surface area contributed by atoms with E-state index in [0.717, 1.165) is 11.6 Å². The normalized spacial score (nSPS) is 13.0. The van der Waals surface area contributed by atoms with E-state index in [9.17, 15) is 27.7 Å². The predicted molar refractivity (Wildman–Crippen MR) is 117 cm³/mol. The first kappa shape index (κ1) is 21.4. The maximum Gasteiger partial charge on any atom is 0.271 e. The third-order valence-corrected chi connectivity index (χ3v) is 6.62. The number of nitrogens with zero attached hydrogens (tertiary/aromatic N) is 2. The molecule has 1 heterocycles. The Hall–Kier alpha value is -3.79. The third-order valence-electron chi connectivity index (χ3n) is 5.24. The minimum Gasteiger partial charge on any atom is -0.308 e. The van der Waals surface area contributed by atoms with Gasteiger partial charge in [0.25, 0.3) is 21.6 Å². The summed E-state index contributed by atoms with van der Waals surface area (Å²) in [7, 11) is -3.93. The summed E-state index contributed by atoms with van der Waals surface area (Å²) in [6.07, 6.45) is 0.591. The van der Waals surface area contributed by atoms with Crippen LogP contribution in [0.3, 0.4) is 0 Å². The number of benzene rings is 3. The van der Waals surface area contributed by atoms with Gasteiger partial charge in [-0.05, 0) is 66.9 Å². The number of carbonyl (C=O) groups is 1. The number of aryl methyl sites for hydroxylation is 1. The van der Waals surface area contributed by atoms with Gasteiger partial charge in [-0.3, -0.25) is 19.6 Å². The fourth-order valence-electron chi connectivity index (χ4n) is 3.53. The number of halogens is 1. The number of fused-ring (bicyclic) bond motifs is 1. The second kappa shape index (κ2) is 8.04. The lowest BCUT2D eigenvalue weighted by Crippen LogP contribution is -2.28. The van der Waals surface area contributed by atoms with Gasteiger partial charge < -0.3 is 4.90 Å². The number of hydrogen-bond acceptors (Lipinski definition) is 5. The van der Waals surface area contributed by atoms with Crippen LogP contribution in [0.5, 0.6) is 0 Å². The molecule has 0 fully saturated rings.